The number of ether oxygens (including phenoxy) is 1. The maximum atomic E-state index is 12.4. The number of nitrogens with zero attached hydrogens (tertiary/aromatic N) is 1. The van der Waals surface area contributed by atoms with Crippen molar-refractivity contribution in [3.05, 3.63) is 42.0 Å². The summed E-state index contributed by atoms with van der Waals surface area (Å²) in [6.07, 6.45) is -0.231. The van der Waals surface area contributed by atoms with Crippen LogP contribution >= 0.6 is 0 Å². The molecule has 27 heavy (non-hydrogen) atoms. The molecule has 0 aromatic heterocycles. The third-order valence-corrected chi connectivity index (χ3v) is 4.57. The lowest BCUT2D eigenvalue weighted by Crippen LogP contribution is -2.40. The molecule has 1 heterocycles. The predicted molar refractivity (Wildman–Crippen MR) is 87.0 cm³/mol. The molecule has 2 aliphatic rings. The van der Waals surface area contributed by atoms with E-state index in [2.05, 4.69) is 10.1 Å². The molecule has 0 bridgehead atoms. The Bertz CT molecular complexity index is 765. The maximum absolute atomic E-state index is 12.4. The van der Waals surface area contributed by atoms with Crippen molar-refractivity contribution < 1.29 is 32.3 Å². The van der Waals surface area contributed by atoms with Gasteiger partial charge in [0.2, 0.25) is 17.7 Å². The van der Waals surface area contributed by atoms with E-state index in [9.17, 15) is 27.6 Å². The molecule has 9 heteroatoms. The molecule has 2 atom stereocenters. The first-order chi connectivity index (χ1) is 12.8. The molecule has 1 fully saturated rings. The van der Waals surface area contributed by atoms with Gasteiger partial charge in [0, 0.05) is 12.1 Å². The normalized spacial score (nSPS) is 22.0. The molecule has 3 amide bonds. The highest BCUT2D eigenvalue weighted by Crippen LogP contribution is 2.34. The smallest absolute Gasteiger partial charge is 0.405 e. The monoisotopic (exact) mass is 382 g/mol. The highest BCUT2D eigenvalue weighted by Gasteiger charge is 2.47. The number of amides is 3. The minimum atomic E-state index is -4.85. The first kappa shape index (κ1) is 18.9. The van der Waals surface area contributed by atoms with Crippen molar-refractivity contribution in [3.8, 4) is 5.75 Å². The van der Waals surface area contributed by atoms with Gasteiger partial charge >= 0.3 is 6.36 Å². The summed E-state index contributed by atoms with van der Waals surface area (Å²) in [6.45, 7) is -0.678. The Kier molecular flexibility index (Phi) is 5.20. The van der Waals surface area contributed by atoms with Crippen molar-refractivity contribution in [1.82, 2.24) is 10.2 Å². The second kappa shape index (κ2) is 7.42. The minimum absolute atomic E-state index is 0.125. The van der Waals surface area contributed by atoms with Crippen molar-refractivity contribution >= 4 is 17.7 Å². The highest BCUT2D eigenvalue weighted by molar-refractivity contribution is 6.07. The summed E-state index contributed by atoms with van der Waals surface area (Å²) >= 11 is 0. The quantitative estimate of drug-likeness (QED) is 0.626. The van der Waals surface area contributed by atoms with Crippen molar-refractivity contribution in [2.24, 2.45) is 11.8 Å². The van der Waals surface area contributed by atoms with Crippen LogP contribution in [-0.2, 0) is 20.9 Å². The van der Waals surface area contributed by atoms with Crippen LogP contribution in [-0.4, -0.2) is 35.5 Å². The number of allylic oxidation sites excluding steroid dienone is 2. The number of benzene rings is 1. The first-order valence-corrected chi connectivity index (χ1v) is 8.37. The number of hydrogen-bond acceptors (Lipinski definition) is 4. The summed E-state index contributed by atoms with van der Waals surface area (Å²) in [5, 5.41) is 2.43. The van der Waals surface area contributed by atoms with Crippen molar-refractivity contribution in [2.75, 3.05) is 6.54 Å². The standard InChI is InChI=1S/C18H17F3N2O4/c19-18(20,21)27-14-8-4-1-5-11(14)9-22-15(24)10-23-16(25)12-6-2-3-7-13(12)17(23)26/h1-5,8,12-13H,6-7,9-10H2,(H,22,24). The zero-order chi connectivity index (χ0) is 19.6. The molecule has 1 aromatic carbocycles. The van der Waals surface area contributed by atoms with Crippen LogP contribution in [0.1, 0.15) is 18.4 Å². The van der Waals surface area contributed by atoms with Gasteiger partial charge in [0.1, 0.15) is 12.3 Å². The number of para-hydroxylation sites is 1. The molecule has 3 rings (SSSR count). The predicted octanol–water partition coefficient (Wildman–Crippen LogP) is 2.15. The minimum Gasteiger partial charge on any atom is -0.405 e. The van der Waals surface area contributed by atoms with Crippen LogP contribution in [0, 0.1) is 11.8 Å². The Hall–Kier alpha value is -2.84. The summed E-state index contributed by atoms with van der Waals surface area (Å²) < 4.78 is 41.2. The van der Waals surface area contributed by atoms with Gasteiger partial charge in [-0.2, -0.15) is 0 Å². The molecule has 1 aliphatic heterocycles. The van der Waals surface area contributed by atoms with Crippen molar-refractivity contribution in [2.45, 2.75) is 25.7 Å². The van der Waals surface area contributed by atoms with E-state index in [1.165, 1.54) is 18.2 Å². The molecule has 1 aromatic rings. The summed E-state index contributed by atoms with van der Waals surface area (Å²) in [7, 11) is 0. The molecular formula is C18H17F3N2O4. The largest absolute Gasteiger partial charge is 0.573 e. The van der Waals surface area contributed by atoms with Crippen LogP contribution in [0.4, 0.5) is 13.2 Å². The summed E-state index contributed by atoms with van der Waals surface area (Å²) in [4.78, 5) is 37.7. The second-order valence-electron chi connectivity index (χ2n) is 6.35. The van der Waals surface area contributed by atoms with Gasteiger partial charge in [-0.3, -0.25) is 19.3 Å². The lowest BCUT2D eigenvalue weighted by Gasteiger charge is -2.16. The van der Waals surface area contributed by atoms with Gasteiger partial charge in [-0.25, -0.2) is 0 Å². The van der Waals surface area contributed by atoms with Crippen LogP contribution in [0.25, 0.3) is 0 Å². The van der Waals surface area contributed by atoms with Crippen LogP contribution in [0.2, 0.25) is 0 Å². The molecule has 0 radical (unpaired) electrons. The Morgan fingerprint density at radius 3 is 2.30 bits per heavy atom. The Morgan fingerprint density at radius 2 is 1.70 bits per heavy atom. The lowest BCUT2D eigenvalue weighted by molar-refractivity contribution is -0.274. The maximum Gasteiger partial charge on any atom is 0.573 e. The van der Waals surface area contributed by atoms with Gasteiger partial charge in [0.05, 0.1) is 11.8 Å². The molecular weight excluding hydrogens is 365 g/mol. The topological polar surface area (TPSA) is 75.7 Å². The third-order valence-electron chi connectivity index (χ3n) is 4.57. The number of rotatable bonds is 5. The van der Waals surface area contributed by atoms with Gasteiger partial charge in [-0.1, -0.05) is 30.4 Å². The van der Waals surface area contributed by atoms with Gasteiger partial charge in [0.25, 0.3) is 0 Å². The average Bonchev–Trinajstić information content (AvgIpc) is 2.85. The number of carbonyl (C=O) groups is 3. The number of carbonyl (C=O) groups excluding carboxylic acids is 3. The lowest BCUT2D eigenvalue weighted by atomic mass is 9.85. The van der Waals surface area contributed by atoms with Gasteiger partial charge < -0.3 is 10.1 Å². The number of likely N-dealkylation sites (tertiary alicyclic amines) is 1. The van der Waals surface area contributed by atoms with Crippen LogP contribution in [0.3, 0.4) is 0 Å². The Morgan fingerprint density at radius 1 is 1.11 bits per heavy atom. The molecule has 2 unspecified atom stereocenters. The van der Waals surface area contributed by atoms with Gasteiger partial charge in [-0.15, -0.1) is 13.2 Å². The van der Waals surface area contributed by atoms with E-state index in [0.717, 1.165) is 11.0 Å². The van der Waals surface area contributed by atoms with Gasteiger partial charge in [-0.05, 0) is 18.9 Å². The van der Waals surface area contributed by atoms with Crippen molar-refractivity contribution in [1.29, 1.82) is 0 Å². The number of fused-ring (bicyclic) bond motifs is 1. The van der Waals surface area contributed by atoms with Gasteiger partial charge in [0.15, 0.2) is 0 Å². The SMILES string of the molecule is O=C(CN1C(=O)C2CC=CCC2C1=O)NCc1ccccc1OC(F)(F)F. The molecule has 1 aliphatic carbocycles. The van der Waals surface area contributed by atoms with Crippen molar-refractivity contribution in [3.63, 3.8) is 0 Å². The van der Waals surface area contributed by atoms with E-state index >= 15 is 0 Å². The number of imide groups is 1. The highest BCUT2D eigenvalue weighted by atomic mass is 19.4. The number of halogens is 3. The van der Waals surface area contributed by atoms with E-state index in [0.29, 0.717) is 12.8 Å². The zero-order valence-corrected chi connectivity index (χ0v) is 14.2. The van der Waals surface area contributed by atoms with E-state index in [4.69, 9.17) is 0 Å². The average molecular weight is 382 g/mol. The fraction of sp³-hybridized carbons (Fsp3) is 0.389. The van der Waals surface area contributed by atoms with E-state index in [-0.39, 0.29) is 23.9 Å². The van der Waals surface area contributed by atoms with E-state index < -0.39 is 36.4 Å². The Balaban J connectivity index is 1.60. The van der Waals surface area contributed by atoms with Crippen LogP contribution in [0.5, 0.6) is 5.75 Å². The molecule has 1 saturated heterocycles. The van der Waals surface area contributed by atoms with E-state index in [1.807, 2.05) is 12.2 Å². The molecule has 144 valence electrons. The Labute approximate surface area is 153 Å². The number of alkyl halides is 3. The number of hydrogen-bond donors (Lipinski definition) is 1. The summed E-state index contributed by atoms with van der Waals surface area (Å²) in [5.74, 6) is -2.69. The zero-order valence-electron chi connectivity index (χ0n) is 14.2. The molecule has 6 nitrogen and oxygen atoms in total. The second-order valence-corrected chi connectivity index (χ2v) is 6.35. The molecule has 0 saturated carbocycles. The third kappa shape index (κ3) is 4.29. The summed E-state index contributed by atoms with van der Waals surface area (Å²) in [6, 6.07) is 5.41. The van der Waals surface area contributed by atoms with Crippen LogP contribution < -0.4 is 10.1 Å². The molecule has 0 spiro atoms. The van der Waals surface area contributed by atoms with E-state index in [1.54, 1.807) is 0 Å². The number of nitrogens with one attached hydrogen (secondary N) is 1. The fourth-order valence-electron chi connectivity index (χ4n) is 3.29. The fourth-order valence-corrected chi connectivity index (χ4v) is 3.29. The summed E-state index contributed by atoms with van der Waals surface area (Å²) in [5.41, 5.74) is 0.125. The molecule has 1 N–H and O–H groups in total. The van der Waals surface area contributed by atoms with Crippen LogP contribution in [0.15, 0.2) is 36.4 Å². The first-order valence-electron chi connectivity index (χ1n) is 8.37.